The summed E-state index contributed by atoms with van der Waals surface area (Å²) in [5.41, 5.74) is 12.5. The molecule has 0 aliphatic rings. The van der Waals surface area contributed by atoms with Crippen LogP contribution in [0.2, 0.25) is 5.02 Å². The number of hydrogen-bond acceptors (Lipinski definition) is 3. The van der Waals surface area contributed by atoms with Gasteiger partial charge in [-0.1, -0.05) is 11.6 Å². The number of methoxy groups -OCH3 is 1. The molecule has 0 heterocycles. The molecule has 1 unspecified atom stereocenters. The van der Waals surface area contributed by atoms with E-state index in [0.717, 1.165) is 5.56 Å². The van der Waals surface area contributed by atoms with Crippen LogP contribution >= 0.6 is 11.6 Å². The molecule has 4 N–H and O–H groups in total. The largest absolute Gasteiger partial charge is 0.385 e. The highest BCUT2D eigenvalue weighted by molar-refractivity contribution is 6.30. The number of hydrogen-bond donors (Lipinski definition) is 2. The molecule has 5 heteroatoms. The number of halogens is 2. The van der Waals surface area contributed by atoms with Crippen molar-refractivity contribution in [3.05, 3.63) is 34.1 Å². The molecule has 1 aromatic carbocycles. The molecule has 16 heavy (non-hydrogen) atoms. The minimum Gasteiger partial charge on any atom is -0.385 e. The molecule has 0 aliphatic heterocycles. The third-order valence-electron chi connectivity index (χ3n) is 2.41. The van der Waals surface area contributed by atoms with Crippen LogP contribution in [0.3, 0.4) is 0 Å². The van der Waals surface area contributed by atoms with Crippen molar-refractivity contribution in [2.75, 3.05) is 13.7 Å². The lowest BCUT2D eigenvalue weighted by Crippen LogP contribution is -2.14. The SMILES string of the molecule is COCCC(N)c1cc(Cl)c(F)c(CN)c1. The van der Waals surface area contributed by atoms with E-state index in [1.165, 1.54) is 6.07 Å². The predicted octanol–water partition coefficient (Wildman–Crippen LogP) is 1.97. The van der Waals surface area contributed by atoms with Crippen molar-refractivity contribution in [2.24, 2.45) is 11.5 Å². The molecule has 90 valence electrons. The average molecular weight is 247 g/mol. The van der Waals surface area contributed by atoms with Crippen molar-refractivity contribution in [2.45, 2.75) is 19.0 Å². The van der Waals surface area contributed by atoms with Gasteiger partial charge in [0.25, 0.3) is 0 Å². The topological polar surface area (TPSA) is 61.3 Å². The molecule has 0 amide bonds. The molecule has 0 radical (unpaired) electrons. The smallest absolute Gasteiger partial charge is 0.146 e. The van der Waals surface area contributed by atoms with Crippen molar-refractivity contribution in [3.8, 4) is 0 Å². The van der Waals surface area contributed by atoms with Crippen LogP contribution in [0.1, 0.15) is 23.6 Å². The van der Waals surface area contributed by atoms with Crippen LogP contribution in [-0.4, -0.2) is 13.7 Å². The van der Waals surface area contributed by atoms with Gasteiger partial charge in [0.15, 0.2) is 0 Å². The lowest BCUT2D eigenvalue weighted by Gasteiger charge is -2.14. The van der Waals surface area contributed by atoms with Crippen molar-refractivity contribution < 1.29 is 9.13 Å². The van der Waals surface area contributed by atoms with Crippen molar-refractivity contribution >= 4 is 11.6 Å². The first-order chi connectivity index (χ1) is 7.60. The van der Waals surface area contributed by atoms with Crippen LogP contribution in [-0.2, 0) is 11.3 Å². The summed E-state index contributed by atoms with van der Waals surface area (Å²) in [7, 11) is 1.61. The van der Waals surface area contributed by atoms with E-state index in [1.54, 1.807) is 13.2 Å². The lowest BCUT2D eigenvalue weighted by molar-refractivity contribution is 0.188. The quantitative estimate of drug-likeness (QED) is 0.835. The van der Waals surface area contributed by atoms with Gasteiger partial charge in [-0.15, -0.1) is 0 Å². The van der Waals surface area contributed by atoms with E-state index in [-0.39, 0.29) is 17.6 Å². The Bertz CT molecular complexity index is 360. The van der Waals surface area contributed by atoms with E-state index >= 15 is 0 Å². The summed E-state index contributed by atoms with van der Waals surface area (Å²) in [5.74, 6) is -0.466. The minimum absolute atomic E-state index is 0.0609. The molecule has 0 bridgehead atoms. The number of nitrogens with two attached hydrogens (primary N) is 2. The Hall–Kier alpha value is -0.680. The maximum atomic E-state index is 13.4. The van der Waals surface area contributed by atoms with E-state index in [2.05, 4.69) is 0 Å². The summed E-state index contributed by atoms with van der Waals surface area (Å²) in [6.45, 7) is 0.657. The molecule has 3 nitrogen and oxygen atoms in total. The Labute approximate surface area is 99.5 Å². The van der Waals surface area contributed by atoms with Crippen LogP contribution in [0.5, 0.6) is 0 Å². The molecular formula is C11H16ClFN2O. The van der Waals surface area contributed by atoms with Gasteiger partial charge in [-0.25, -0.2) is 4.39 Å². The van der Waals surface area contributed by atoms with E-state index in [9.17, 15) is 4.39 Å². The highest BCUT2D eigenvalue weighted by Gasteiger charge is 2.12. The van der Waals surface area contributed by atoms with E-state index in [0.29, 0.717) is 18.6 Å². The zero-order chi connectivity index (χ0) is 12.1. The molecule has 0 saturated heterocycles. The third-order valence-corrected chi connectivity index (χ3v) is 2.68. The van der Waals surface area contributed by atoms with Crippen molar-refractivity contribution in [1.29, 1.82) is 0 Å². The summed E-state index contributed by atoms with van der Waals surface area (Å²) in [6, 6.07) is 2.97. The fourth-order valence-corrected chi connectivity index (χ4v) is 1.69. The molecule has 0 spiro atoms. The summed E-state index contributed by atoms with van der Waals surface area (Å²) in [4.78, 5) is 0. The summed E-state index contributed by atoms with van der Waals surface area (Å²) < 4.78 is 18.4. The summed E-state index contributed by atoms with van der Waals surface area (Å²) >= 11 is 5.76. The van der Waals surface area contributed by atoms with Gasteiger partial charge >= 0.3 is 0 Å². The minimum atomic E-state index is -0.466. The Morgan fingerprint density at radius 3 is 2.75 bits per heavy atom. The molecular weight excluding hydrogens is 231 g/mol. The molecule has 0 fully saturated rings. The maximum absolute atomic E-state index is 13.4. The molecule has 0 aliphatic carbocycles. The normalized spacial score (nSPS) is 12.8. The van der Waals surface area contributed by atoms with Gasteiger partial charge in [-0.3, -0.25) is 0 Å². The van der Waals surface area contributed by atoms with Gasteiger partial charge < -0.3 is 16.2 Å². The van der Waals surface area contributed by atoms with Crippen LogP contribution in [0, 0.1) is 5.82 Å². The van der Waals surface area contributed by atoms with E-state index in [4.69, 9.17) is 27.8 Å². The number of ether oxygens (including phenoxy) is 1. The number of rotatable bonds is 5. The molecule has 0 aromatic heterocycles. The van der Waals surface area contributed by atoms with Gasteiger partial charge in [0.1, 0.15) is 5.82 Å². The monoisotopic (exact) mass is 246 g/mol. The van der Waals surface area contributed by atoms with E-state index in [1.807, 2.05) is 0 Å². The van der Waals surface area contributed by atoms with Gasteiger partial charge in [0.2, 0.25) is 0 Å². The lowest BCUT2D eigenvalue weighted by atomic mass is 10.0. The standard InChI is InChI=1S/C11H16ClFN2O/c1-16-3-2-10(15)7-4-8(6-14)11(13)9(12)5-7/h4-5,10H,2-3,6,14-15H2,1H3. The second-order valence-corrected chi connectivity index (χ2v) is 3.98. The Morgan fingerprint density at radius 2 is 2.19 bits per heavy atom. The van der Waals surface area contributed by atoms with Gasteiger partial charge in [-0.2, -0.15) is 0 Å². The molecule has 1 rings (SSSR count). The molecule has 1 aromatic rings. The molecule has 0 saturated carbocycles. The van der Waals surface area contributed by atoms with Gasteiger partial charge in [-0.05, 0) is 24.1 Å². The second-order valence-electron chi connectivity index (χ2n) is 3.57. The highest BCUT2D eigenvalue weighted by Crippen LogP contribution is 2.24. The first-order valence-electron chi connectivity index (χ1n) is 5.02. The predicted molar refractivity (Wildman–Crippen MR) is 62.7 cm³/mol. The number of benzene rings is 1. The Balaban J connectivity index is 2.92. The van der Waals surface area contributed by atoms with Crippen LogP contribution in [0.4, 0.5) is 4.39 Å². The Morgan fingerprint density at radius 1 is 1.50 bits per heavy atom. The fraction of sp³-hybridized carbons (Fsp3) is 0.455. The van der Waals surface area contributed by atoms with Crippen molar-refractivity contribution in [1.82, 2.24) is 0 Å². The van der Waals surface area contributed by atoms with Crippen LogP contribution in [0.15, 0.2) is 12.1 Å². The van der Waals surface area contributed by atoms with Gasteiger partial charge in [0, 0.05) is 31.9 Å². The third kappa shape index (κ3) is 3.15. The molecule has 1 atom stereocenters. The average Bonchev–Trinajstić information content (AvgIpc) is 2.29. The maximum Gasteiger partial charge on any atom is 0.146 e. The first-order valence-corrected chi connectivity index (χ1v) is 5.40. The fourth-order valence-electron chi connectivity index (χ4n) is 1.44. The van der Waals surface area contributed by atoms with Crippen LogP contribution in [0.25, 0.3) is 0 Å². The second kappa shape index (κ2) is 6.15. The highest BCUT2D eigenvalue weighted by atomic mass is 35.5. The zero-order valence-corrected chi connectivity index (χ0v) is 9.93. The van der Waals surface area contributed by atoms with Crippen molar-refractivity contribution in [3.63, 3.8) is 0 Å². The van der Waals surface area contributed by atoms with Gasteiger partial charge in [0.05, 0.1) is 5.02 Å². The van der Waals surface area contributed by atoms with Crippen LogP contribution < -0.4 is 11.5 Å². The summed E-state index contributed by atoms with van der Waals surface area (Å²) in [6.07, 6.45) is 0.655. The van der Waals surface area contributed by atoms with E-state index < -0.39 is 5.82 Å². The zero-order valence-electron chi connectivity index (χ0n) is 9.17. The first kappa shape index (κ1) is 13.4. The summed E-state index contributed by atoms with van der Waals surface area (Å²) in [5, 5.41) is 0.0609. The Kier molecular flexibility index (Phi) is 5.15.